The van der Waals surface area contributed by atoms with E-state index in [1.165, 1.54) is 16.0 Å². The molecule has 0 fully saturated rings. The highest BCUT2D eigenvalue weighted by Crippen LogP contribution is 2.20. The number of hydrogen-bond acceptors (Lipinski definition) is 3. The number of nitrogens with one attached hydrogen (secondary N) is 1. The summed E-state index contributed by atoms with van der Waals surface area (Å²) in [4.78, 5) is 3.63. The molecule has 0 saturated heterocycles. The van der Waals surface area contributed by atoms with Gasteiger partial charge in [-0.05, 0) is 67.3 Å². The summed E-state index contributed by atoms with van der Waals surface area (Å²) < 4.78 is 5.28. The van der Waals surface area contributed by atoms with E-state index >= 15 is 0 Å². The van der Waals surface area contributed by atoms with Crippen LogP contribution >= 0.6 is 23.6 Å². The minimum Gasteiger partial charge on any atom is -0.497 e. The molecule has 28 heavy (non-hydrogen) atoms. The third-order valence-electron chi connectivity index (χ3n) is 4.68. The van der Waals surface area contributed by atoms with Crippen molar-refractivity contribution in [1.29, 1.82) is 0 Å². The summed E-state index contributed by atoms with van der Waals surface area (Å²) in [5.74, 6) is 0.863. The van der Waals surface area contributed by atoms with Crippen LogP contribution in [-0.2, 0) is 13.0 Å². The van der Waals surface area contributed by atoms with Crippen molar-refractivity contribution in [3.8, 4) is 5.75 Å². The Bertz CT molecular complexity index is 874. The first-order chi connectivity index (χ1) is 13.5. The number of rotatable bonds is 7. The van der Waals surface area contributed by atoms with E-state index in [0.29, 0.717) is 0 Å². The Balaban J connectivity index is 1.77. The molecule has 1 N–H and O–H groups in total. The second-order valence-corrected chi connectivity index (χ2v) is 8.32. The van der Waals surface area contributed by atoms with E-state index in [1.54, 1.807) is 18.4 Å². The van der Waals surface area contributed by atoms with Gasteiger partial charge in [-0.3, -0.25) is 0 Å². The maximum absolute atomic E-state index is 5.80. The second-order valence-electron chi connectivity index (χ2n) is 6.90. The zero-order chi connectivity index (χ0) is 19.9. The normalized spacial score (nSPS) is 11.7. The molecule has 0 aliphatic rings. The van der Waals surface area contributed by atoms with Crippen molar-refractivity contribution in [2.75, 3.05) is 12.4 Å². The van der Waals surface area contributed by atoms with Crippen molar-refractivity contribution in [2.24, 2.45) is 0 Å². The van der Waals surface area contributed by atoms with Crippen LogP contribution in [0.1, 0.15) is 22.9 Å². The zero-order valence-electron chi connectivity index (χ0n) is 16.5. The van der Waals surface area contributed by atoms with Crippen molar-refractivity contribution >= 4 is 34.4 Å². The fraction of sp³-hybridized carbons (Fsp3) is 0.261. The Morgan fingerprint density at radius 2 is 1.82 bits per heavy atom. The lowest BCUT2D eigenvalue weighted by atomic mass is 10.1. The standard InChI is InChI=1S/C23H26N2OS2/c1-17-6-10-20(11-7-17)24-23(27)25(18(2)15-22-5-4-14-28-22)16-19-8-12-21(26-3)13-9-19/h4-14,18H,15-16H2,1-3H3,(H,24,27)/t18-/m1/s1. The fourth-order valence-corrected chi connectivity index (χ4v) is 4.21. The number of anilines is 1. The summed E-state index contributed by atoms with van der Waals surface area (Å²) in [6, 6.07) is 21.0. The summed E-state index contributed by atoms with van der Waals surface area (Å²) in [6.45, 7) is 5.06. The van der Waals surface area contributed by atoms with Crippen molar-refractivity contribution in [2.45, 2.75) is 32.9 Å². The predicted molar refractivity (Wildman–Crippen MR) is 123 cm³/mol. The Morgan fingerprint density at radius 1 is 1.11 bits per heavy atom. The molecule has 0 amide bonds. The molecule has 0 unspecified atom stereocenters. The van der Waals surface area contributed by atoms with Crippen molar-refractivity contribution in [3.63, 3.8) is 0 Å². The van der Waals surface area contributed by atoms with E-state index in [4.69, 9.17) is 17.0 Å². The molecule has 0 bridgehead atoms. The molecule has 1 aromatic heterocycles. The first-order valence-electron chi connectivity index (χ1n) is 9.35. The van der Waals surface area contributed by atoms with Gasteiger partial charge in [-0.2, -0.15) is 0 Å². The Kier molecular flexibility index (Phi) is 7.06. The fourth-order valence-electron chi connectivity index (χ4n) is 3.02. The smallest absolute Gasteiger partial charge is 0.173 e. The Morgan fingerprint density at radius 3 is 2.43 bits per heavy atom. The third kappa shape index (κ3) is 5.57. The number of hydrogen-bond donors (Lipinski definition) is 1. The van der Waals surface area contributed by atoms with Crippen LogP contribution in [0, 0.1) is 6.92 Å². The Labute approximate surface area is 177 Å². The van der Waals surface area contributed by atoms with Gasteiger partial charge in [0, 0.05) is 29.6 Å². The number of aryl methyl sites for hydroxylation is 1. The van der Waals surface area contributed by atoms with Gasteiger partial charge in [-0.15, -0.1) is 11.3 Å². The molecule has 3 rings (SSSR count). The second kappa shape index (κ2) is 9.71. The maximum atomic E-state index is 5.80. The molecule has 2 aromatic carbocycles. The van der Waals surface area contributed by atoms with E-state index < -0.39 is 0 Å². The van der Waals surface area contributed by atoms with Crippen LogP contribution in [0.3, 0.4) is 0 Å². The maximum Gasteiger partial charge on any atom is 0.173 e. The van der Waals surface area contributed by atoms with Crippen LogP contribution in [0.25, 0.3) is 0 Å². The summed E-state index contributed by atoms with van der Waals surface area (Å²) in [5, 5.41) is 6.27. The molecule has 1 heterocycles. The van der Waals surface area contributed by atoms with E-state index in [0.717, 1.165) is 29.5 Å². The molecule has 3 nitrogen and oxygen atoms in total. The summed E-state index contributed by atoms with van der Waals surface area (Å²) in [6.07, 6.45) is 0.962. The lowest BCUT2D eigenvalue weighted by Crippen LogP contribution is -2.41. The van der Waals surface area contributed by atoms with Crippen LogP contribution in [0.4, 0.5) is 5.69 Å². The quantitative estimate of drug-likeness (QED) is 0.491. The van der Waals surface area contributed by atoms with Crippen LogP contribution in [-0.4, -0.2) is 23.2 Å². The third-order valence-corrected chi connectivity index (χ3v) is 5.92. The number of methoxy groups -OCH3 is 1. The monoisotopic (exact) mass is 410 g/mol. The van der Waals surface area contributed by atoms with Gasteiger partial charge in [0.15, 0.2) is 5.11 Å². The average molecular weight is 411 g/mol. The molecule has 0 aliphatic carbocycles. The minimum absolute atomic E-state index is 0.270. The number of ether oxygens (including phenoxy) is 1. The highest BCUT2D eigenvalue weighted by Gasteiger charge is 2.19. The average Bonchev–Trinajstić information content (AvgIpc) is 3.21. The van der Waals surface area contributed by atoms with Gasteiger partial charge in [0.25, 0.3) is 0 Å². The summed E-state index contributed by atoms with van der Waals surface area (Å²) >= 11 is 7.59. The Hall–Kier alpha value is -2.37. The van der Waals surface area contributed by atoms with Gasteiger partial charge in [0.05, 0.1) is 7.11 Å². The topological polar surface area (TPSA) is 24.5 Å². The molecule has 0 aliphatic heterocycles. The van der Waals surface area contributed by atoms with Crippen molar-refractivity contribution in [3.05, 3.63) is 82.0 Å². The predicted octanol–water partition coefficient (Wildman–Crippen LogP) is 5.90. The summed E-state index contributed by atoms with van der Waals surface area (Å²) in [5.41, 5.74) is 3.45. The number of nitrogens with zero attached hydrogens (tertiary/aromatic N) is 1. The lowest BCUT2D eigenvalue weighted by Gasteiger charge is -2.32. The van der Waals surface area contributed by atoms with E-state index in [2.05, 4.69) is 78.0 Å². The molecule has 5 heteroatoms. The van der Waals surface area contributed by atoms with Crippen LogP contribution in [0.15, 0.2) is 66.0 Å². The first kappa shape index (κ1) is 20.4. The molecule has 0 radical (unpaired) electrons. The van der Waals surface area contributed by atoms with Gasteiger partial charge in [-0.25, -0.2) is 0 Å². The van der Waals surface area contributed by atoms with Gasteiger partial charge in [0.1, 0.15) is 5.75 Å². The van der Waals surface area contributed by atoms with E-state index in [1.807, 2.05) is 12.1 Å². The highest BCUT2D eigenvalue weighted by atomic mass is 32.1. The molecular formula is C23H26N2OS2. The molecule has 1 atom stereocenters. The number of benzene rings is 2. The van der Waals surface area contributed by atoms with Gasteiger partial charge >= 0.3 is 0 Å². The van der Waals surface area contributed by atoms with Gasteiger partial charge < -0.3 is 15.0 Å². The highest BCUT2D eigenvalue weighted by molar-refractivity contribution is 7.80. The lowest BCUT2D eigenvalue weighted by molar-refractivity contribution is 0.326. The minimum atomic E-state index is 0.270. The summed E-state index contributed by atoms with van der Waals surface area (Å²) in [7, 11) is 1.69. The van der Waals surface area contributed by atoms with Crippen LogP contribution < -0.4 is 10.1 Å². The first-order valence-corrected chi connectivity index (χ1v) is 10.6. The largest absolute Gasteiger partial charge is 0.497 e. The van der Waals surface area contributed by atoms with Crippen molar-refractivity contribution < 1.29 is 4.74 Å². The zero-order valence-corrected chi connectivity index (χ0v) is 18.1. The van der Waals surface area contributed by atoms with E-state index in [-0.39, 0.29) is 6.04 Å². The van der Waals surface area contributed by atoms with Crippen LogP contribution in [0.2, 0.25) is 0 Å². The number of thiophene rings is 1. The number of thiocarbonyl (C=S) groups is 1. The SMILES string of the molecule is COc1ccc(CN(C(=S)Nc2ccc(C)cc2)[C@H](C)Cc2cccs2)cc1. The van der Waals surface area contributed by atoms with Crippen LogP contribution in [0.5, 0.6) is 5.75 Å². The molecule has 0 saturated carbocycles. The molecular weight excluding hydrogens is 384 g/mol. The molecule has 146 valence electrons. The van der Waals surface area contributed by atoms with Crippen molar-refractivity contribution in [1.82, 2.24) is 4.90 Å². The molecule has 0 spiro atoms. The van der Waals surface area contributed by atoms with Gasteiger partial charge in [0.2, 0.25) is 0 Å². The van der Waals surface area contributed by atoms with Gasteiger partial charge in [-0.1, -0.05) is 35.9 Å². The molecule has 3 aromatic rings. The van der Waals surface area contributed by atoms with E-state index in [9.17, 15) is 0 Å².